The first kappa shape index (κ1) is 15.4. The van der Waals surface area contributed by atoms with Crippen molar-refractivity contribution in [2.75, 3.05) is 12.3 Å². The number of rotatable bonds is 5. The van der Waals surface area contributed by atoms with Gasteiger partial charge >= 0.3 is 0 Å². The zero-order valence-corrected chi connectivity index (χ0v) is 12.2. The molecule has 0 aliphatic heterocycles. The number of hydrogen-bond acceptors (Lipinski definition) is 3. The average molecular weight is 305 g/mol. The fourth-order valence-electron chi connectivity index (χ4n) is 2.05. The molecule has 0 radical (unpaired) electrons. The Morgan fingerprint density at radius 1 is 1.19 bits per heavy atom. The molecule has 2 aromatic rings. The van der Waals surface area contributed by atoms with E-state index in [0.717, 1.165) is 5.56 Å². The molecule has 2 rings (SSSR count). The van der Waals surface area contributed by atoms with Crippen LogP contribution in [0.25, 0.3) is 0 Å². The minimum atomic E-state index is -0.377. The monoisotopic (exact) mass is 304 g/mol. The highest BCUT2D eigenvalue weighted by molar-refractivity contribution is 6.36. The topological polar surface area (TPSA) is 75.4 Å². The van der Waals surface area contributed by atoms with E-state index in [9.17, 15) is 9.90 Å². The number of amides is 1. The molecule has 0 fully saturated rings. The van der Waals surface area contributed by atoms with Gasteiger partial charge in [0.1, 0.15) is 0 Å². The van der Waals surface area contributed by atoms with Crippen molar-refractivity contribution < 1.29 is 9.90 Å². The van der Waals surface area contributed by atoms with E-state index >= 15 is 0 Å². The fourth-order valence-corrected chi connectivity index (χ4v) is 2.26. The van der Waals surface area contributed by atoms with Gasteiger partial charge in [0, 0.05) is 0 Å². The maximum atomic E-state index is 12.2. The van der Waals surface area contributed by atoms with Crippen LogP contribution in [-0.4, -0.2) is 23.7 Å². The van der Waals surface area contributed by atoms with Crippen molar-refractivity contribution in [1.82, 2.24) is 5.32 Å². The lowest BCUT2D eigenvalue weighted by molar-refractivity contribution is 0.0916. The maximum absolute atomic E-state index is 12.2. The molecular weight excluding hydrogens is 288 g/mol. The van der Waals surface area contributed by atoms with Gasteiger partial charge in [0.2, 0.25) is 0 Å². The van der Waals surface area contributed by atoms with E-state index in [0.29, 0.717) is 17.7 Å². The van der Waals surface area contributed by atoms with Crippen LogP contribution in [0.15, 0.2) is 48.5 Å². The van der Waals surface area contributed by atoms with Crippen molar-refractivity contribution in [3.05, 3.63) is 64.7 Å². The van der Waals surface area contributed by atoms with Gasteiger partial charge in [-0.3, -0.25) is 4.79 Å². The van der Waals surface area contributed by atoms with E-state index in [1.54, 1.807) is 18.2 Å². The highest BCUT2D eigenvalue weighted by Crippen LogP contribution is 2.23. The van der Waals surface area contributed by atoms with Gasteiger partial charge in [-0.15, -0.1) is 0 Å². The van der Waals surface area contributed by atoms with E-state index in [-0.39, 0.29) is 23.6 Å². The molecule has 0 unspecified atom stereocenters. The van der Waals surface area contributed by atoms with Crippen LogP contribution in [0.4, 0.5) is 5.69 Å². The molecule has 0 bridgehead atoms. The first-order valence-electron chi connectivity index (χ1n) is 6.61. The summed E-state index contributed by atoms with van der Waals surface area (Å²) in [4.78, 5) is 12.2. The normalized spacial score (nSPS) is 11.9. The molecule has 4 nitrogen and oxygen atoms in total. The number of anilines is 1. The minimum absolute atomic E-state index is 0.152. The van der Waals surface area contributed by atoms with E-state index in [4.69, 9.17) is 17.3 Å². The molecule has 0 saturated carbocycles. The Labute approximate surface area is 128 Å². The first-order chi connectivity index (χ1) is 10.1. The molecule has 5 heteroatoms. The molecule has 4 N–H and O–H groups in total. The lowest BCUT2D eigenvalue weighted by Gasteiger charge is -2.17. The molecule has 2 aromatic carbocycles. The molecule has 0 aliphatic carbocycles. The number of nitrogens with one attached hydrogen (secondary N) is 1. The number of carbonyl (C=O) groups excluding carboxylic acids is 1. The smallest absolute Gasteiger partial charge is 0.253 e. The molecule has 0 heterocycles. The van der Waals surface area contributed by atoms with Crippen LogP contribution in [0.3, 0.4) is 0 Å². The number of carbonyl (C=O) groups is 1. The van der Waals surface area contributed by atoms with Gasteiger partial charge in [0.15, 0.2) is 0 Å². The molecule has 0 saturated heterocycles. The minimum Gasteiger partial charge on any atom is -0.398 e. The Balaban J connectivity index is 2.08. The fraction of sp³-hybridized carbons (Fsp3) is 0.188. The predicted octanol–water partition coefficient (Wildman–Crippen LogP) is 2.26. The number of nitrogen functional groups attached to an aromatic ring is 1. The Hall–Kier alpha value is -2.04. The quantitative estimate of drug-likeness (QED) is 0.742. The van der Waals surface area contributed by atoms with Gasteiger partial charge < -0.3 is 16.2 Å². The zero-order valence-electron chi connectivity index (χ0n) is 11.4. The van der Waals surface area contributed by atoms with Crippen LogP contribution in [0.5, 0.6) is 0 Å². The van der Waals surface area contributed by atoms with E-state index < -0.39 is 0 Å². The molecule has 1 atom stereocenters. The van der Waals surface area contributed by atoms with Crippen LogP contribution in [0, 0.1) is 0 Å². The van der Waals surface area contributed by atoms with E-state index in [1.165, 1.54) is 0 Å². The molecule has 0 aromatic heterocycles. The summed E-state index contributed by atoms with van der Waals surface area (Å²) in [5.41, 5.74) is 7.38. The number of aliphatic hydroxyl groups excluding tert-OH is 1. The van der Waals surface area contributed by atoms with Crippen molar-refractivity contribution in [1.29, 1.82) is 0 Å². The van der Waals surface area contributed by atoms with Crippen molar-refractivity contribution >= 4 is 23.2 Å². The highest BCUT2D eigenvalue weighted by atomic mass is 35.5. The molecular formula is C16H17ClN2O2. The van der Waals surface area contributed by atoms with Crippen molar-refractivity contribution in [2.24, 2.45) is 0 Å². The third kappa shape index (κ3) is 3.97. The summed E-state index contributed by atoms with van der Waals surface area (Å²) >= 11 is 6.03. The van der Waals surface area contributed by atoms with Crippen LogP contribution in [0.2, 0.25) is 5.02 Å². The SMILES string of the molecule is Nc1cccc(C(=O)N[C@H](CO)Cc2ccccc2)c1Cl. The number of hydrogen-bond donors (Lipinski definition) is 3. The Kier molecular flexibility index (Phi) is 5.20. The number of benzene rings is 2. The molecule has 1 amide bonds. The Morgan fingerprint density at radius 3 is 2.57 bits per heavy atom. The van der Waals surface area contributed by atoms with Crippen molar-refractivity contribution in [3.8, 4) is 0 Å². The summed E-state index contributed by atoms with van der Waals surface area (Å²) in [6.45, 7) is -0.152. The predicted molar refractivity (Wildman–Crippen MR) is 84.4 cm³/mol. The van der Waals surface area contributed by atoms with E-state index in [1.807, 2.05) is 30.3 Å². The molecule has 0 spiro atoms. The summed E-state index contributed by atoms with van der Waals surface area (Å²) in [6, 6.07) is 14.2. The van der Waals surface area contributed by atoms with Crippen molar-refractivity contribution in [2.45, 2.75) is 12.5 Å². The second-order valence-corrected chi connectivity index (χ2v) is 5.13. The van der Waals surface area contributed by atoms with Crippen LogP contribution in [0.1, 0.15) is 15.9 Å². The zero-order chi connectivity index (χ0) is 15.2. The van der Waals surface area contributed by atoms with Gasteiger partial charge in [-0.2, -0.15) is 0 Å². The molecule has 21 heavy (non-hydrogen) atoms. The van der Waals surface area contributed by atoms with Crippen LogP contribution >= 0.6 is 11.6 Å². The van der Waals surface area contributed by atoms with Gasteiger partial charge in [0.05, 0.1) is 28.9 Å². The summed E-state index contributed by atoms with van der Waals surface area (Å²) in [5, 5.41) is 12.4. The Bertz CT molecular complexity index is 617. The van der Waals surface area contributed by atoms with Crippen LogP contribution in [-0.2, 0) is 6.42 Å². The summed E-state index contributed by atoms with van der Waals surface area (Å²) < 4.78 is 0. The second kappa shape index (κ2) is 7.11. The Morgan fingerprint density at radius 2 is 1.90 bits per heavy atom. The van der Waals surface area contributed by atoms with Gasteiger partial charge in [-0.25, -0.2) is 0 Å². The van der Waals surface area contributed by atoms with E-state index in [2.05, 4.69) is 5.32 Å². The number of halogens is 1. The first-order valence-corrected chi connectivity index (χ1v) is 6.99. The van der Waals surface area contributed by atoms with Gasteiger partial charge in [-0.05, 0) is 24.1 Å². The van der Waals surface area contributed by atoms with Crippen molar-refractivity contribution in [3.63, 3.8) is 0 Å². The summed E-state index contributed by atoms with van der Waals surface area (Å²) in [7, 11) is 0. The van der Waals surface area contributed by atoms with Gasteiger partial charge in [0.25, 0.3) is 5.91 Å². The maximum Gasteiger partial charge on any atom is 0.253 e. The lowest BCUT2D eigenvalue weighted by atomic mass is 10.1. The summed E-state index contributed by atoms with van der Waals surface area (Å²) in [6.07, 6.45) is 0.545. The molecule has 110 valence electrons. The third-order valence-electron chi connectivity index (χ3n) is 3.15. The lowest BCUT2D eigenvalue weighted by Crippen LogP contribution is -2.39. The average Bonchev–Trinajstić information content (AvgIpc) is 2.50. The molecule has 0 aliphatic rings. The standard InChI is InChI=1S/C16H17ClN2O2/c17-15-13(7-4-8-14(15)18)16(21)19-12(10-20)9-11-5-2-1-3-6-11/h1-8,12,20H,9-10,18H2,(H,19,21)/t12-/m0/s1. The van der Waals surface area contributed by atoms with Crippen LogP contribution < -0.4 is 11.1 Å². The largest absolute Gasteiger partial charge is 0.398 e. The highest BCUT2D eigenvalue weighted by Gasteiger charge is 2.16. The number of aliphatic hydroxyl groups is 1. The summed E-state index contributed by atoms with van der Waals surface area (Å²) in [5.74, 6) is -0.345. The third-order valence-corrected chi connectivity index (χ3v) is 3.58. The number of nitrogens with two attached hydrogens (primary N) is 1. The van der Waals surface area contributed by atoms with Gasteiger partial charge in [-0.1, -0.05) is 48.0 Å². The second-order valence-electron chi connectivity index (χ2n) is 4.75.